The van der Waals surface area contributed by atoms with Crippen LogP contribution in [0, 0.1) is 13.8 Å². The average molecular weight is 268 g/mol. The maximum atomic E-state index is 10.7. The Labute approximate surface area is 117 Å². The molecule has 2 aromatic carbocycles. The van der Waals surface area contributed by atoms with Crippen molar-refractivity contribution in [2.75, 3.05) is 5.43 Å². The summed E-state index contributed by atoms with van der Waals surface area (Å²) in [5.74, 6) is -0.935. The lowest BCUT2D eigenvalue weighted by atomic mass is 10.1. The van der Waals surface area contributed by atoms with E-state index in [-0.39, 0.29) is 5.56 Å². The molecule has 0 aliphatic heterocycles. The first-order valence-corrected chi connectivity index (χ1v) is 6.25. The molecule has 4 heteroatoms. The number of hydrazone groups is 1. The molecule has 0 aliphatic carbocycles. The van der Waals surface area contributed by atoms with E-state index in [2.05, 4.69) is 16.6 Å². The molecule has 0 aromatic heterocycles. The van der Waals surface area contributed by atoms with Gasteiger partial charge in [-0.15, -0.1) is 0 Å². The molecular weight excluding hydrogens is 252 g/mol. The second kappa shape index (κ2) is 6.02. The second-order valence-corrected chi connectivity index (χ2v) is 4.67. The predicted octanol–water partition coefficient (Wildman–Crippen LogP) is 3.45. The van der Waals surface area contributed by atoms with Crippen LogP contribution >= 0.6 is 0 Å². The highest BCUT2D eigenvalue weighted by Gasteiger charge is 2.00. The molecule has 0 amide bonds. The van der Waals surface area contributed by atoms with Gasteiger partial charge in [-0.05, 0) is 43.7 Å². The summed E-state index contributed by atoms with van der Waals surface area (Å²) in [6.45, 7) is 4.09. The minimum atomic E-state index is -0.935. The lowest BCUT2D eigenvalue weighted by molar-refractivity contribution is 0.0697. The van der Waals surface area contributed by atoms with Crippen LogP contribution in [0.5, 0.6) is 0 Å². The van der Waals surface area contributed by atoms with Crippen molar-refractivity contribution < 1.29 is 9.90 Å². The summed E-state index contributed by atoms with van der Waals surface area (Å²) in [7, 11) is 0. The Bertz CT molecular complexity index is 626. The van der Waals surface area contributed by atoms with Crippen molar-refractivity contribution in [2.45, 2.75) is 13.8 Å². The number of nitrogens with one attached hydrogen (secondary N) is 1. The summed E-state index contributed by atoms with van der Waals surface area (Å²) in [5.41, 5.74) is 7.29. The number of aromatic carboxylic acids is 1. The van der Waals surface area contributed by atoms with E-state index in [1.54, 1.807) is 18.3 Å². The van der Waals surface area contributed by atoms with E-state index in [1.165, 1.54) is 23.3 Å². The summed E-state index contributed by atoms with van der Waals surface area (Å²) in [6.07, 6.45) is 1.74. The number of anilines is 1. The molecule has 0 spiro atoms. The predicted molar refractivity (Wildman–Crippen MR) is 80.5 cm³/mol. The van der Waals surface area contributed by atoms with E-state index >= 15 is 0 Å². The molecule has 0 unspecified atom stereocenters. The monoisotopic (exact) mass is 268 g/mol. The van der Waals surface area contributed by atoms with Gasteiger partial charge in [0.25, 0.3) is 0 Å². The molecule has 20 heavy (non-hydrogen) atoms. The third-order valence-corrected chi connectivity index (χ3v) is 2.78. The quantitative estimate of drug-likeness (QED) is 0.659. The first-order valence-electron chi connectivity index (χ1n) is 6.25. The highest BCUT2D eigenvalue weighted by Crippen LogP contribution is 2.10. The Morgan fingerprint density at radius 1 is 1.10 bits per heavy atom. The number of benzene rings is 2. The van der Waals surface area contributed by atoms with Crippen molar-refractivity contribution in [3.8, 4) is 0 Å². The van der Waals surface area contributed by atoms with Gasteiger partial charge in [-0.25, -0.2) is 4.79 Å². The number of aryl methyl sites for hydroxylation is 2. The van der Waals surface area contributed by atoms with Crippen molar-refractivity contribution in [3.05, 3.63) is 64.7 Å². The van der Waals surface area contributed by atoms with Gasteiger partial charge in [0.2, 0.25) is 0 Å². The number of hydrogen-bond donors (Lipinski definition) is 2. The Morgan fingerprint density at radius 2 is 1.70 bits per heavy atom. The van der Waals surface area contributed by atoms with E-state index in [0.717, 1.165) is 11.3 Å². The molecule has 0 bridgehead atoms. The number of carboxylic acid groups (broad SMARTS) is 1. The van der Waals surface area contributed by atoms with Gasteiger partial charge in [0, 0.05) is 0 Å². The van der Waals surface area contributed by atoms with Crippen LogP contribution in [0.4, 0.5) is 5.69 Å². The van der Waals surface area contributed by atoms with Crippen LogP contribution in [-0.4, -0.2) is 17.3 Å². The van der Waals surface area contributed by atoms with E-state index in [0.29, 0.717) is 0 Å². The molecular formula is C16H16N2O2. The minimum Gasteiger partial charge on any atom is -0.478 e. The normalized spacial score (nSPS) is 10.7. The van der Waals surface area contributed by atoms with E-state index < -0.39 is 5.97 Å². The Kier molecular flexibility index (Phi) is 4.15. The fraction of sp³-hybridized carbons (Fsp3) is 0.125. The van der Waals surface area contributed by atoms with Gasteiger partial charge in [0.15, 0.2) is 0 Å². The largest absolute Gasteiger partial charge is 0.478 e. The standard InChI is InChI=1S/C16H16N2O2/c1-11-7-12(2)9-13(8-11)10-17-18-15-5-3-14(4-6-15)16(19)20/h3-10,18H,1-2H3,(H,19,20). The summed E-state index contributed by atoms with van der Waals surface area (Å²) in [5, 5.41) is 12.9. The third kappa shape index (κ3) is 3.68. The number of nitrogens with zero attached hydrogens (tertiary/aromatic N) is 1. The van der Waals surface area contributed by atoms with E-state index in [1.807, 2.05) is 26.0 Å². The van der Waals surface area contributed by atoms with E-state index in [4.69, 9.17) is 5.11 Å². The lowest BCUT2D eigenvalue weighted by Gasteiger charge is -2.02. The van der Waals surface area contributed by atoms with Crippen LogP contribution in [0.2, 0.25) is 0 Å². The highest BCUT2D eigenvalue weighted by molar-refractivity contribution is 5.88. The Morgan fingerprint density at radius 3 is 2.25 bits per heavy atom. The van der Waals surface area contributed by atoms with Crippen molar-refractivity contribution in [1.82, 2.24) is 0 Å². The van der Waals surface area contributed by atoms with Crippen LogP contribution in [0.15, 0.2) is 47.6 Å². The molecule has 102 valence electrons. The molecule has 2 rings (SSSR count). The SMILES string of the molecule is Cc1cc(C)cc(C=NNc2ccc(C(=O)O)cc2)c1. The van der Waals surface area contributed by atoms with Crippen molar-refractivity contribution in [3.63, 3.8) is 0 Å². The summed E-state index contributed by atoms with van der Waals surface area (Å²) in [6, 6.07) is 12.6. The molecule has 4 nitrogen and oxygen atoms in total. The van der Waals surface area contributed by atoms with E-state index in [9.17, 15) is 4.79 Å². The fourth-order valence-electron chi connectivity index (χ4n) is 1.95. The summed E-state index contributed by atoms with van der Waals surface area (Å²) >= 11 is 0. The molecule has 0 heterocycles. The maximum Gasteiger partial charge on any atom is 0.335 e. The molecule has 0 fully saturated rings. The fourth-order valence-corrected chi connectivity index (χ4v) is 1.95. The number of rotatable bonds is 4. The summed E-state index contributed by atoms with van der Waals surface area (Å²) in [4.78, 5) is 10.7. The third-order valence-electron chi connectivity index (χ3n) is 2.78. The molecule has 0 atom stereocenters. The lowest BCUT2D eigenvalue weighted by Crippen LogP contribution is -1.96. The number of carboxylic acids is 1. The zero-order valence-corrected chi connectivity index (χ0v) is 11.4. The Balaban J connectivity index is 2.04. The first-order chi connectivity index (χ1) is 9.54. The van der Waals surface area contributed by atoms with Crippen LogP contribution < -0.4 is 5.43 Å². The zero-order valence-electron chi connectivity index (χ0n) is 11.4. The van der Waals surface area contributed by atoms with Gasteiger partial charge >= 0.3 is 5.97 Å². The molecule has 0 saturated carbocycles. The zero-order chi connectivity index (χ0) is 14.5. The van der Waals surface area contributed by atoms with Crippen LogP contribution in [0.1, 0.15) is 27.0 Å². The first kappa shape index (κ1) is 13.8. The molecule has 0 saturated heterocycles. The van der Waals surface area contributed by atoms with Gasteiger partial charge in [0.1, 0.15) is 0 Å². The average Bonchev–Trinajstić information content (AvgIpc) is 2.38. The van der Waals surface area contributed by atoms with Crippen LogP contribution in [0.3, 0.4) is 0 Å². The van der Waals surface area contributed by atoms with Gasteiger partial charge < -0.3 is 5.11 Å². The summed E-state index contributed by atoms with van der Waals surface area (Å²) < 4.78 is 0. The smallest absolute Gasteiger partial charge is 0.335 e. The van der Waals surface area contributed by atoms with Crippen molar-refractivity contribution in [2.24, 2.45) is 5.10 Å². The Hall–Kier alpha value is -2.62. The van der Waals surface area contributed by atoms with Gasteiger partial charge in [0.05, 0.1) is 17.5 Å². The molecule has 0 aliphatic rings. The van der Waals surface area contributed by atoms with Gasteiger partial charge in [-0.3, -0.25) is 5.43 Å². The van der Waals surface area contributed by atoms with Crippen molar-refractivity contribution >= 4 is 17.9 Å². The molecule has 0 radical (unpaired) electrons. The maximum absolute atomic E-state index is 10.7. The second-order valence-electron chi connectivity index (χ2n) is 4.67. The van der Waals surface area contributed by atoms with Crippen LogP contribution in [0.25, 0.3) is 0 Å². The topological polar surface area (TPSA) is 61.7 Å². The number of hydrogen-bond acceptors (Lipinski definition) is 3. The van der Waals surface area contributed by atoms with Crippen molar-refractivity contribution in [1.29, 1.82) is 0 Å². The molecule has 2 aromatic rings. The van der Waals surface area contributed by atoms with Gasteiger partial charge in [-0.2, -0.15) is 5.10 Å². The van der Waals surface area contributed by atoms with Gasteiger partial charge in [-0.1, -0.05) is 29.3 Å². The number of carbonyl (C=O) groups is 1. The minimum absolute atomic E-state index is 0.258. The highest BCUT2D eigenvalue weighted by atomic mass is 16.4. The molecule has 2 N–H and O–H groups in total. The van der Waals surface area contributed by atoms with Crippen LogP contribution in [-0.2, 0) is 0 Å².